The maximum absolute atomic E-state index is 9.10. The van der Waals surface area contributed by atoms with Crippen molar-refractivity contribution >= 4 is 0 Å². The Morgan fingerprint density at radius 3 is 2.69 bits per heavy atom. The SMILES string of the molecule is COC(C)Cc1noc(C(C)O)n1. The van der Waals surface area contributed by atoms with Gasteiger partial charge in [-0.05, 0) is 13.8 Å². The van der Waals surface area contributed by atoms with Crippen molar-refractivity contribution < 1.29 is 14.4 Å². The van der Waals surface area contributed by atoms with Crippen molar-refractivity contribution in [3.8, 4) is 0 Å². The van der Waals surface area contributed by atoms with Crippen molar-refractivity contribution in [2.24, 2.45) is 0 Å². The first-order chi connectivity index (χ1) is 6.13. The number of ether oxygens (including phenoxy) is 1. The van der Waals surface area contributed by atoms with Crippen LogP contribution in [0.2, 0.25) is 0 Å². The number of hydrogen-bond donors (Lipinski definition) is 1. The van der Waals surface area contributed by atoms with E-state index in [2.05, 4.69) is 10.1 Å². The largest absolute Gasteiger partial charge is 0.384 e. The van der Waals surface area contributed by atoms with Crippen molar-refractivity contribution in [3.05, 3.63) is 11.7 Å². The lowest BCUT2D eigenvalue weighted by atomic mass is 10.3. The van der Waals surface area contributed by atoms with Crippen LogP contribution in [0, 0.1) is 0 Å². The summed E-state index contributed by atoms with van der Waals surface area (Å²) < 4.78 is 9.84. The molecule has 0 radical (unpaired) electrons. The zero-order valence-corrected chi connectivity index (χ0v) is 8.02. The number of hydrogen-bond acceptors (Lipinski definition) is 5. The summed E-state index contributed by atoms with van der Waals surface area (Å²) >= 11 is 0. The van der Waals surface area contributed by atoms with Gasteiger partial charge in [-0.3, -0.25) is 0 Å². The summed E-state index contributed by atoms with van der Waals surface area (Å²) in [5, 5.41) is 12.8. The van der Waals surface area contributed by atoms with Gasteiger partial charge in [-0.1, -0.05) is 5.16 Å². The summed E-state index contributed by atoms with van der Waals surface area (Å²) in [6, 6.07) is 0. The number of aliphatic hydroxyl groups is 1. The molecule has 0 fully saturated rings. The average molecular weight is 186 g/mol. The summed E-state index contributed by atoms with van der Waals surface area (Å²) in [4.78, 5) is 3.99. The number of nitrogens with zero attached hydrogens (tertiary/aromatic N) is 2. The van der Waals surface area contributed by atoms with Crippen molar-refractivity contribution in [3.63, 3.8) is 0 Å². The van der Waals surface area contributed by atoms with E-state index in [1.54, 1.807) is 14.0 Å². The molecule has 0 saturated heterocycles. The minimum atomic E-state index is -0.709. The molecule has 2 atom stereocenters. The maximum Gasteiger partial charge on any atom is 0.255 e. The molecule has 2 unspecified atom stereocenters. The van der Waals surface area contributed by atoms with Gasteiger partial charge in [-0.15, -0.1) is 0 Å². The Bertz CT molecular complexity index is 260. The van der Waals surface area contributed by atoms with Gasteiger partial charge in [0.25, 0.3) is 5.89 Å². The lowest BCUT2D eigenvalue weighted by Gasteiger charge is -2.03. The highest BCUT2D eigenvalue weighted by Gasteiger charge is 2.12. The van der Waals surface area contributed by atoms with E-state index in [4.69, 9.17) is 14.4 Å². The molecule has 1 N–H and O–H groups in total. The Balaban J connectivity index is 2.58. The average Bonchev–Trinajstić information content (AvgIpc) is 2.52. The van der Waals surface area contributed by atoms with Gasteiger partial charge in [0.1, 0.15) is 6.10 Å². The number of aliphatic hydroxyl groups excluding tert-OH is 1. The highest BCUT2D eigenvalue weighted by atomic mass is 16.5. The van der Waals surface area contributed by atoms with Gasteiger partial charge < -0.3 is 14.4 Å². The molecule has 0 amide bonds. The highest BCUT2D eigenvalue weighted by molar-refractivity contribution is 4.89. The van der Waals surface area contributed by atoms with Crippen molar-refractivity contribution in [2.45, 2.75) is 32.5 Å². The third-order valence-electron chi connectivity index (χ3n) is 1.71. The van der Waals surface area contributed by atoms with E-state index >= 15 is 0 Å². The topological polar surface area (TPSA) is 68.4 Å². The molecule has 1 heterocycles. The fourth-order valence-corrected chi connectivity index (χ4v) is 0.861. The van der Waals surface area contributed by atoms with E-state index in [-0.39, 0.29) is 12.0 Å². The molecule has 0 saturated carbocycles. The van der Waals surface area contributed by atoms with Crippen LogP contribution in [0.15, 0.2) is 4.52 Å². The van der Waals surface area contributed by atoms with E-state index in [0.717, 1.165) is 0 Å². The first-order valence-electron chi connectivity index (χ1n) is 4.16. The van der Waals surface area contributed by atoms with Crippen molar-refractivity contribution in [1.29, 1.82) is 0 Å². The third-order valence-corrected chi connectivity index (χ3v) is 1.71. The Labute approximate surface area is 76.7 Å². The van der Waals surface area contributed by atoms with E-state index in [1.165, 1.54) is 0 Å². The molecule has 1 aromatic heterocycles. The first-order valence-corrected chi connectivity index (χ1v) is 4.16. The monoisotopic (exact) mass is 186 g/mol. The molecule has 13 heavy (non-hydrogen) atoms. The van der Waals surface area contributed by atoms with Crippen LogP contribution in [0.3, 0.4) is 0 Å². The smallest absolute Gasteiger partial charge is 0.255 e. The van der Waals surface area contributed by atoms with Gasteiger partial charge in [0.05, 0.1) is 6.10 Å². The summed E-state index contributed by atoms with van der Waals surface area (Å²) in [5.41, 5.74) is 0. The predicted molar refractivity (Wildman–Crippen MR) is 45.1 cm³/mol. The second-order valence-electron chi connectivity index (χ2n) is 2.98. The molecule has 5 nitrogen and oxygen atoms in total. The van der Waals surface area contributed by atoms with Gasteiger partial charge in [0.2, 0.25) is 0 Å². The van der Waals surface area contributed by atoms with Crippen LogP contribution in [0.5, 0.6) is 0 Å². The Hall–Kier alpha value is -0.940. The van der Waals surface area contributed by atoms with Gasteiger partial charge in [0, 0.05) is 13.5 Å². The molecule has 0 aliphatic carbocycles. The molecular weight excluding hydrogens is 172 g/mol. The Kier molecular flexibility index (Phi) is 3.39. The van der Waals surface area contributed by atoms with Gasteiger partial charge in [0.15, 0.2) is 5.82 Å². The Morgan fingerprint density at radius 1 is 1.54 bits per heavy atom. The molecule has 0 spiro atoms. The van der Waals surface area contributed by atoms with Crippen LogP contribution in [-0.2, 0) is 11.2 Å². The highest BCUT2D eigenvalue weighted by Crippen LogP contribution is 2.09. The van der Waals surface area contributed by atoms with Gasteiger partial charge >= 0.3 is 0 Å². The summed E-state index contributed by atoms with van der Waals surface area (Å²) in [6.07, 6.45) is -0.0641. The molecule has 0 aliphatic rings. The quantitative estimate of drug-likeness (QED) is 0.749. The van der Waals surface area contributed by atoms with Crippen LogP contribution in [-0.4, -0.2) is 28.5 Å². The molecule has 0 bridgehead atoms. The van der Waals surface area contributed by atoms with Crippen LogP contribution in [0.25, 0.3) is 0 Å². The summed E-state index contributed by atoms with van der Waals surface area (Å²) in [5.74, 6) is 0.809. The Morgan fingerprint density at radius 2 is 2.23 bits per heavy atom. The third kappa shape index (κ3) is 2.78. The van der Waals surface area contributed by atoms with Gasteiger partial charge in [-0.2, -0.15) is 4.98 Å². The first kappa shape index (κ1) is 10.1. The zero-order valence-electron chi connectivity index (χ0n) is 8.02. The van der Waals surface area contributed by atoms with Crippen LogP contribution in [0.1, 0.15) is 31.7 Å². The molecule has 0 aliphatic heterocycles. The molecular formula is C8H14N2O3. The minimum absolute atomic E-state index is 0.0550. The second kappa shape index (κ2) is 4.34. The van der Waals surface area contributed by atoms with Crippen molar-refractivity contribution in [1.82, 2.24) is 10.1 Å². The molecule has 0 aromatic carbocycles. The maximum atomic E-state index is 9.10. The fourth-order valence-electron chi connectivity index (χ4n) is 0.861. The molecule has 1 aromatic rings. The van der Waals surface area contributed by atoms with E-state index in [0.29, 0.717) is 12.2 Å². The summed E-state index contributed by atoms with van der Waals surface area (Å²) in [6.45, 7) is 3.50. The number of methoxy groups -OCH3 is 1. The molecule has 5 heteroatoms. The van der Waals surface area contributed by atoms with Crippen LogP contribution >= 0.6 is 0 Å². The number of rotatable bonds is 4. The number of aromatic nitrogens is 2. The lowest BCUT2D eigenvalue weighted by molar-refractivity contribution is 0.116. The standard InChI is InChI=1S/C8H14N2O3/c1-5(12-3)4-7-9-8(6(2)11)13-10-7/h5-6,11H,4H2,1-3H3. The predicted octanol–water partition coefficient (Wildman–Crippen LogP) is 0.700. The molecule has 1 rings (SSSR count). The van der Waals surface area contributed by atoms with Gasteiger partial charge in [-0.25, -0.2) is 0 Å². The van der Waals surface area contributed by atoms with E-state index in [9.17, 15) is 0 Å². The van der Waals surface area contributed by atoms with Crippen LogP contribution in [0.4, 0.5) is 0 Å². The summed E-state index contributed by atoms with van der Waals surface area (Å²) in [7, 11) is 1.63. The second-order valence-corrected chi connectivity index (χ2v) is 2.98. The minimum Gasteiger partial charge on any atom is -0.384 e. The molecule has 74 valence electrons. The lowest BCUT2D eigenvalue weighted by Crippen LogP contribution is -2.09. The van der Waals surface area contributed by atoms with Crippen LogP contribution < -0.4 is 0 Å². The normalized spacial score (nSPS) is 15.7. The fraction of sp³-hybridized carbons (Fsp3) is 0.750. The van der Waals surface area contributed by atoms with E-state index in [1.807, 2.05) is 6.92 Å². The zero-order chi connectivity index (χ0) is 9.84. The van der Waals surface area contributed by atoms with Crippen molar-refractivity contribution in [2.75, 3.05) is 7.11 Å². The van der Waals surface area contributed by atoms with E-state index < -0.39 is 6.10 Å².